The lowest BCUT2D eigenvalue weighted by molar-refractivity contribution is -0.150. The van der Waals surface area contributed by atoms with Crippen LogP contribution in [0.5, 0.6) is 0 Å². The molecule has 0 aliphatic carbocycles. The van der Waals surface area contributed by atoms with Crippen LogP contribution in [0.2, 0.25) is 10.0 Å². The molecule has 218 valence electrons. The van der Waals surface area contributed by atoms with Crippen LogP contribution in [-0.2, 0) is 20.7 Å². The van der Waals surface area contributed by atoms with Gasteiger partial charge in [0.15, 0.2) is 0 Å². The summed E-state index contributed by atoms with van der Waals surface area (Å²) in [5.41, 5.74) is 0.929. The minimum absolute atomic E-state index is 0.0528. The molecule has 2 aromatic carbocycles. The first-order chi connectivity index (χ1) is 18.8. The van der Waals surface area contributed by atoms with Gasteiger partial charge in [0.2, 0.25) is 5.91 Å². The number of hydrogen-bond donors (Lipinski definition) is 0. The minimum atomic E-state index is -0.639. The molecule has 4 atom stereocenters. The van der Waals surface area contributed by atoms with Gasteiger partial charge in [0.25, 0.3) is 0 Å². The SMILES string of the molecule is COC(=O)[C@H](Cc1ccc(Cl)cc1Cl)N1CCN(C(=O)[C@@H]2CN(C(C)(C)C)C[C@H]2c2ccc(F)cc2F)[C@@H](C)C1. The predicted octanol–water partition coefficient (Wildman–Crippen LogP) is 5.40. The summed E-state index contributed by atoms with van der Waals surface area (Å²) in [4.78, 5) is 32.9. The van der Waals surface area contributed by atoms with Crippen LogP contribution in [0, 0.1) is 17.6 Å². The lowest BCUT2D eigenvalue weighted by Gasteiger charge is -2.43. The molecular formula is C30H37Cl2F2N3O3. The third kappa shape index (κ3) is 6.62. The third-order valence-corrected chi connectivity index (χ3v) is 8.82. The molecule has 2 heterocycles. The number of hydrogen-bond acceptors (Lipinski definition) is 5. The van der Waals surface area contributed by atoms with Crippen LogP contribution in [0.25, 0.3) is 0 Å². The van der Waals surface area contributed by atoms with Crippen LogP contribution in [0.1, 0.15) is 44.7 Å². The van der Waals surface area contributed by atoms with Gasteiger partial charge in [-0.3, -0.25) is 19.4 Å². The standard InChI is InChI=1S/C30H37Cl2F2N3O3/c1-18-15-35(27(29(39)40-5)12-19-6-7-20(31)13-25(19)32)10-11-37(18)28(38)24-17-36(30(2,3)4)16-23(24)22-9-8-21(33)14-26(22)34/h6-9,13-14,18,23-24,27H,10-12,15-17H2,1-5H3/t18-,23-,24+,27-/m0/s1. The molecule has 0 spiro atoms. The minimum Gasteiger partial charge on any atom is -0.468 e. The van der Waals surface area contributed by atoms with E-state index in [-0.39, 0.29) is 23.5 Å². The number of ether oxygens (including phenoxy) is 1. The van der Waals surface area contributed by atoms with Gasteiger partial charge in [0.05, 0.1) is 13.0 Å². The second-order valence-electron chi connectivity index (χ2n) is 11.8. The van der Waals surface area contributed by atoms with Gasteiger partial charge < -0.3 is 9.64 Å². The molecule has 1 amide bonds. The zero-order valence-corrected chi connectivity index (χ0v) is 25.1. The van der Waals surface area contributed by atoms with E-state index in [0.717, 1.165) is 11.6 Å². The Morgan fingerprint density at radius 2 is 1.77 bits per heavy atom. The van der Waals surface area contributed by atoms with E-state index in [4.69, 9.17) is 27.9 Å². The fourth-order valence-corrected chi connectivity index (χ4v) is 6.41. The zero-order valence-electron chi connectivity index (χ0n) is 23.6. The van der Waals surface area contributed by atoms with Crippen LogP contribution in [-0.4, -0.2) is 84.0 Å². The van der Waals surface area contributed by atoms with E-state index in [0.29, 0.717) is 54.8 Å². The lowest BCUT2D eigenvalue weighted by Crippen LogP contribution is -2.59. The van der Waals surface area contributed by atoms with Crippen molar-refractivity contribution in [1.29, 1.82) is 0 Å². The number of amides is 1. The average molecular weight is 597 g/mol. The van der Waals surface area contributed by atoms with E-state index in [2.05, 4.69) is 25.7 Å². The van der Waals surface area contributed by atoms with Gasteiger partial charge in [-0.15, -0.1) is 0 Å². The lowest BCUT2D eigenvalue weighted by atomic mass is 9.87. The number of methoxy groups -OCH3 is 1. The maximum Gasteiger partial charge on any atom is 0.323 e. The molecule has 2 saturated heterocycles. The number of likely N-dealkylation sites (tertiary alicyclic amines) is 1. The maximum absolute atomic E-state index is 14.9. The summed E-state index contributed by atoms with van der Waals surface area (Å²) in [6.45, 7) is 10.5. The smallest absolute Gasteiger partial charge is 0.323 e. The van der Waals surface area contributed by atoms with Crippen molar-refractivity contribution in [3.8, 4) is 0 Å². The monoisotopic (exact) mass is 595 g/mol. The Kier molecular flexibility index (Phi) is 9.45. The highest BCUT2D eigenvalue weighted by atomic mass is 35.5. The largest absolute Gasteiger partial charge is 0.468 e. The Morgan fingerprint density at radius 1 is 1.05 bits per heavy atom. The van der Waals surface area contributed by atoms with E-state index in [1.165, 1.54) is 19.2 Å². The molecule has 0 bridgehead atoms. The van der Waals surface area contributed by atoms with Crippen molar-refractivity contribution in [3.05, 3.63) is 69.2 Å². The van der Waals surface area contributed by atoms with E-state index >= 15 is 0 Å². The Hall–Kier alpha value is -2.26. The fraction of sp³-hybridized carbons (Fsp3) is 0.533. The van der Waals surface area contributed by atoms with Gasteiger partial charge in [0.1, 0.15) is 17.7 Å². The van der Waals surface area contributed by atoms with Crippen LogP contribution >= 0.6 is 23.2 Å². The predicted molar refractivity (Wildman–Crippen MR) is 153 cm³/mol. The first kappa shape index (κ1) is 30.7. The van der Waals surface area contributed by atoms with Gasteiger partial charge in [-0.1, -0.05) is 35.3 Å². The molecule has 6 nitrogen and oxygen atoms in total. The summed E-state index contributed by atoms with van der Waals surface area (Å²) in [6.07, 6.45) is 0.346. The maximum atomic E-state index is 14.9. The van der Waals surface area contributed by atoms with Crippen molar-refractivity contribution in [3.63, 3.8) is 0 Å². The quantitative estimate of drug-likeness (QED) is 0.418. The second-order valence-corrected chi connectivity index (χ2v) is 12.7. The van der Waals surface area contributed by atoms with Crippen molar-refractivity contribution in [2.75, 3.05) is 39.8 Å². The molecule has 40 heavy (non-hydrogen) atoms. The van der Waals surface area contributed by atoms with Gasteiger partial charge >= 0.3 is 5.97 Å². The number of carbonyl (C=O) groups is 2. The summed E-state index contributed by atoms with van der Waals surface area (Å²) in [6, 6.07) is 8.02. The van der Waals surface area contributed by atoms with Crippen LogP contribution in [0.3, 0.4) is 0 Å². The van der Waals surface area contributed by atoms with Gasteiger partial charge in [0, 0.05) is 72.8 Å². The molecule has 4 rings (SSSR count). The molecule has 0 unspecified atom stereocenters. The molecule has 10 heteroatoms. The second kappa shape index (κ2) is 12.3. The zero-order chi connectivity index (χ0) is 29.4. The molecular weight excluding hydrogens is 559 g/mol. The topological polar surface area (TPSA) is 53.1 Å². The first-order valence-corrected chi connectivity index (χ1v) is 14.3. The molecule has 2 aliphatic heterocycles. The van der Waals surface area contributed by atoms with Crippen molar-refractivity contribution < 1.29 is 23.1 Å². The summed E-state index contributed by atoms with van der Waals surface area (Å²) in [7, 11) is 1.36. The van der Waals surface area contributed by atoms with Gasteiger partial charge in [-0.2, -0.15) is 0 Å². The molecule has 0 saturated carbocycles. The van der Waals surface area contributed by atoms with E-state index in [9.17, 15) is 18.4 Å². The molecule has 2 fully saturated rings. The molecule has 0 N–H and O–H groups in total. The Bertz CT molecular complexity index is 1260. The number of carbonyl (C=O) groups excluding carboxylic acids is 2. The molecule has 2 aliphatic rings. The first-order valence-electron chi connectivity index (χ1n) is 13.6. The number of nitrogens with zero attached hydrogens (tertiary/aromatic N) is 3. The normalized spacial score (nSPS) is 23.3. The molecule has 2 aromatic rings. The highest BCUT2D eigenvalue weighted by Gasteiger charge is 2.46. The van der Waals surface area contributed by atoms with Crippen LogP contribution in [0.4, 0.5) is 8.78 Å². The van der Waals surface area contributed by atoms with E-state index in [1.807, 2.05) is 16.7 Å². The fourth-order valence-electron chi connectivity index (χ4n) is 5.92. The van der Waals surface area contributed by atoms with Crippen LogP contribution < -0.4 is 0 Å². The number of benzene rings is 2. The Labute approximate surface area is 245 Å². The van der Waals surface area contributed by atoms with Crippen molar-refractivity contribution in [1.82, 2.24) is 14.7 Å². The summed E-state index contributed by atoms with van der Waals surface area (Å²) in [5.74, 6) is -2.56. The van der Waals surface area contributed by atoms with Gasteiger partial charge in [-0.05, 0) is 57.0 Å². The highest BCUT2D eigenvalue weighted by molar-refractivity contribution is 6.35. The van der Waals surface area contributed by atoms with Crippen LogP contribution in [0.15, 0.2) is 36.4 Å². The number of esters is 1. The van der Waals surface area contributed by atoms with E-state index in [1.54, 1.807) is 18.2 Å². The Balaban J connectivity index is 1.53. The number of halogens is 4. The van der Waals surface area contributed by atoms with Crippen molar-refractivity contribution >= 4 is 35.1 Å². The van der Waals surface area contributed by atoms with Crippen molar-refractivity contribution in [2.45, 2.75) is 57.7 Å². The van der Waals surface area contributed by atoms with Crippen molar-refractivity contribution in [2.24, 2.45) is 5.92 Å². The third-order valence-electron chi connectivity index (χ3n) is 8.23. The number of rotatable bonds is 6. The summed E-state index contributed by atoms with van der Waals surface area (Å²) >= 11 is 12.4. The highest BCUT2D eigenvalue weighted by Crippen LogP contribution is 2.39. The van der Waals surface area contributed by atoms with E-state index < -0.39 is 29.5 Å². The molecule has 0 aromatic heterocycles. The molecule has 0 radical (unpaired) electrons. The summed E-state index contributed by atoms with van der Waals surface area (Å²) < 4.78 is 33.7. The van der Waals surface area contributed by atoms with Gasteiger partial charge in [-0.25, -0.2) is 8.78 Å². The number of piperazine rings is 1. The Morgan fingerprint density at radius 3 is 2.38 bits per heavy atom. The average Bonchev–Trinajstić information content (AvgIpc) is 3.33. The summed E-state index contributed by atoms with van der Waals surface area (Å²) in [5, 5.41) is 0.992.